The third-order valence-corrected chi connectivity index (χ3v) is 3.77. The van der Waals surface area contributed by atoms with Crippen LogP contribution in [0.1, 0.15) is 45.4 Å². The minimum absolute atomic E-state index is 0.187. The van der Waals surface area contributed by atoms with E-state index in [9.17, 15) is 4.79 Å². The first kappa shape index (κ1) is 10.9. The first-order valence-electron chi connectivity index (χ1n) is 6.30. The average Bonchev–Trinajstić information content (AvgIpc) is 2.58. The Bertz CT molecular complexity index is 218. The summed E-state index contributed by atoms with van der Waals surface area (Å²) >= 11 is 0. The summed E-state index contributed by atoms with van der Waals surface area (Å²) in [5.74, 6) is 1.02. The van der Waals surface area contributed by atoms with Crippen LogP contribution in [0, 0.1) is 5.92 Å². The van der Waals surface area contributed by atoms with Gasteiger partial charge in [-0.3, -0.25) is 4.79 Å². The van der Waals surface area contributed by atoms with Gasteiger partial charge in [-0.15, -0.1) is 0 Å². The Kier molecular flexibility index (Phi) is 3.62. The smallest absolute Gasteiger partial charge is 0.219 e. The van der Waals surface area contributed by atoms with Crippen molar-refractivity contribution in [2.45, 2.75) is 57.5 Å². The molecular weight excluding hydrogens is 188 g/mol. The zero-order valence-electron chi connectivity index (χ0n) is 9.59. The molecule has 0 aromatic carbocycles. The van der Waals surface area contributed by atoms with E-state index in [1.165, 1.54) is 32.1 Å². The summed E-state index contributed by atoms with van der Waals surface area (Å²) in [6.45, 7) is 2.77. The van der Waals surface area contributed by atoms with E-state index in [1.807, 2.05) is 6.92 Å². The number of hydrogen-bond donors (Lipinski definition) is 2. The summed E-state index contributed by atoms with van der Waals surface area (Å²) in [5.41, 5.74) is 0. The molecular formula is C12H22N2O. The molecule has 0 radical (unpaired) electrons. The molecule has 2 aliphatic heterocycles. The van der Waals surface area contributed by atoms with E-state index in [2.05, 4.69) is 10.6 Å². The van der Waals surface area contributed by atoms with Crippen molar-refractivity contribution in [1.29, 1.82) is 0 Å². The van der Waals surface area contributed by atoms with Crippen LogP contribution in [0.2, 0.25) is 0 Å². The predicted molar refractivity (Wildman–Crippen MR) is 60.6 cm³/mol. The fourth-order valence-corrected chi connectivity index (χ4v) is 2.95. The lowest BCUT2D eigenvalue weighted by molar-refractivity contribution is -0.120. The average molecular weight is 210 g/mol. The first-order chi connectivity index (χ1) is 7.28. The van der Waals surface area contributed by atoms with Gasteiger partial charge in [-0.05, 0) is 38.0 Å². The van der Waals surface area contributed by atoms with Crippen molar-refractivity contribution in [3.8, 4) is 0 Å². The number of amides is 1. The molecule has 3 nitrogen and oxygen atoms in total. The Labute approximate surface area is 92.0 Å². The van der Waals surface area contributed by atoms with Crippen molar-refractivity contribution in [3.63, 3.8) is 0 Å². The highest BCUT2D eigenvalue weighted by Crippen LogP contribution is 2.32. The van der Waals surface area contributed by atoms with Gasteiger partial charge >= 0.3 is 0 Å². The van der Waals surface area contributed by atoms with Gasteiger partial charge in [-0.1, -0.05) is 6.92 Å². The Morgan fingerprint density at radius 3 is 2.60 bits per heavy atom. The molecule has 2 saturated heterocycles. The molecule has 1 amide bonds. The van der Waals surface area contributed by atoms with Crippen LogP contribution in [0.5, 0.6) is 0 Å². The molecule has 86 valence electrons. The topological polar surface area (TPSA) is 41.1 Å². The predicted octanol–water partition coefficient (Wildman–Crippen LogP) is 1.43. The molecule has 0 spiro atoms. The van der Waals surface area contributed by atoms with Crippen LogP contribution in [0.15, 0.2) is 0 Å². The van der Waals surface area contributed by atoms with E-state index in [4.69, 9.17) is 0 Å². The Hall–Kier alpha value is -0.570. The number of piperidine rings is 1. The molecule has 2 aliphatic rings. The van der Waals surface area contributed by atoms with Gasteiger partial charge < -0.3 is 10.6 Å². The second kappa shape index (κ2) is 4.97. The van der Waals surface area contributed by atoms with E-state index in [0.29, 0.717) is 6.42 Å². The van der Waals surface area contributed by atoms with Crippen LogP contribution in [-0.2, 0) is 4.79 Å². The number of rotatable bonds is 4. The molecule has 2 bridgehead atoms. The minimum Gasteiger partial charge on any atom is -0.356 e. The monoisotopic (exact) mass is 210 g/mol. The van der Waals surface area contributed by atoms with Gasteiger partial charge in [0.25, 0.3) is 0 Å². The molecule has 15 heavy (non-hydrogen) atoms. The second-order valence-corrected chi connectivity index (χ2v) is 4.97. The van der Waals surface area contributed by atoms with Crippen LogP contribution < -0.4 is 10.6 Å². The molecule has 2 N–H and O–H groups in total. The van der Waals surface area contributed by atoms with Gasteiger partial charge in [0.05, 0.1) is 0 Å². The number of hydrogen-bond acceptors (Lipinski definition) is 2. The standard InChI is InChI=1S/C12H22N2O/c1-2-12(15)13-6-5-9-7-10-3-4-11(8-9)14-10/h9-11,14H,2-8H2,1H3,(H,13,15). The van der Waals surface area contributed by atoms with E-state index >= 15 is 0 Å². The molecule has 3 heteroatoms. The number of carbonyl (C=O) groups is 1. The highest BCUT2D eigenvalue weighted by molar-refractivity contribution is 5.75. The van der Waals surface area contributed by atoms with Crippen LogP contribution >= 0.6 is 0 Å². The van der Waals surface area contributed by atoms with Crippen LogP contribution in [0.4, 0.5) is 0 Å². The molecule has 2 fully saturated rings. The van der Waals surface area contributed by atoms with Crippen molar-refractivity contribution in [1.82, 2.24) is 10.6 Å². The lowest BCUT2D eigenvalue weighted by atomic mass is 9.90. The molecule has 2 heterocycles. The van der Waals surface area contributed by atoms with E-state index < -0.39 is 0 Å². The first-order valence-corrected chi connectivity index (χ1v) is 6.30. The van der Waals surface area contributed by atoms with E-state index in [1.54, 1.807) is 0 Å². The fourth-order valence-electron chi connectivity index (χ4n) is 2.95. The minimum atomic E-state index is 0.187. The molecule has 2 rings (SSSR count). The zero-order chi connectivity index (χ0) is 10.7. The zero-order valence-corrected chi connectivity index (χ0v) is 9.59. The van der Waals surface area contributed by atoms with Gasteiger partial charge in [0, 0.05) is 25.0 Å². The van der Waals surface area contributed by atoms with Gasteiger partial charge in [0.15, 0.2) is 0 Å². The third kappa shape index (κ3) is 2.94. The van der Waals surface area contributed by atoms with Crippen LogP contribution in [0.3, 0.4) is 0 Å². The van der Waals surface area contributed by atoms with Gasteiger partial charge in [0.1, 0.15) is 0 Å². The summed E-state index contributed by atoms with van der Waals surface area (Å²) in [5, 5.41) is 6.61. The number of fused-ring (bicyclic) bond motifs is 2. The molecule has 2 atom stereocenters. The summed E-state index contributed by atoms with van der Waals surface area (Å²) in [7, 11) is 0. The van der Waals surface area contributed by atoms with Crippen molar-refractivity contribution in [2.75, 3.05) is 6.54 Å². The highest BCUT2D eigenvalue weighted by atomic mass is 16.1. The largest absolute Gasteiger partial charge is 0.356 e. The molecule has 0 saturated carbocycles. The second-order valence-electron chi connectivity index (χ2n) is 4.97. The maximum atomic E-state index is 11.1. The van der Waals surface area contributed by atoms with E-state index in [-0.39, 0.29) is 5.91 Å². The summed E-state index contributed by atoms with van der Waals surface area (Å²) in [6.07, 6.45) is 7.14. The van der Waals surface area contributed by atoms with Crippen molar-refractivity contribution in [3.05, 3.63) is 0 Å². The highest BCUT2D eigenvalue weighted by Gasteiger charge is 2.32. The summed E-state index contributed by atoms with van der Waals surface area (Å²) in [6, 6.07) is 1.55. The quantitative estimate of drug-likeness (QED) is 0.737. The molecule has 0 aliphatic carbocycles. The molecule has 0 aromatic heterocycles. The normalized spacial score (nSPS) is 34.1. The Morgan fingerprint density at radius 1 is 1.33 bits per heavy atom. The lowest BCUT2D eigenvalue weighted by Gasteiger charge is -2.29. The van der Waals surface area contributed by atoms with Crippen molar-refractivity contribution < 1.29 is 4.79 Å². The van der Waals surface area contributed by atoms with E-state index in [0.717, 1.165) is 24.5 Å². The number of carbonyl (C=O) groups excluding carboxylic acids is 1. The lowest BCUT2D eigenvalue weighted by Crippen LogP contribution is -2.39. The fraction of sp³-hybridized carbons (Fsp3) is 0.917. The summed E-state index contributed by atoms with van der Waals surface area (Å²) < 4.78 is 0. The maximum Gasteiger partial charge on any atom is 0.219 e. The number of nitrogens with one attached hydrogen (secondary N) is 2. The van der Waals surface area contributed by atoms with Crippen molar-refractivity contribution in [2.24, 2.45) is 5.92 Å². The Balaban J connectivity index is 1.65. The molecule has 0 aromatic rings. The maximum absolute atomic E-state index is 11.1. The van der Waals surface area contributed by atoms with Gasteiger partial charge in [0.2, 0.25) is 5.91 Å². The Morgan fingerprint density at radius 2 is 2.00 bits per heavy atom. The summed E-state index contributed by atoms with van der Waals surface area (Å²) in [4.78, 5) is 11.1. The van der Waals surface area contributed by atoms with Crippen molar-refractivity contribution >= 4 is 5.91 Å². The van der Waals surface area contributed by atoms with Crippen LogP contribution in [-0.4, -0.2) is 24.5 Å². The van der Waals surface area contributed by atoms with Crippen LogP contribution in [0.25, 0.3) is 0 Å². The third-order valence-electron chi connectivity index (χ3n) is 3.77. The van der Waals surface area contributed by atoms with Gasteiger partial charge in [-0.2, -0.15) is 0 Å². The van der Waals surface area contributed by atoms with Gasteiger partial charge in [-0.25, -0.2) is 0 Å². The molecule has 2 unspecified atom stereocenters. The SMILES string of the molecule is CCC(=O)NCCC1CC2CCC(C1)N2.